The van der Waals surface area contributed by atoms with Gasteiger partial charge in [0.1, 0.15) is 6.23 Å². The van der Waals surface area contributed by atoms with Crippen molar-refractivity contribution in [2.45, 2.75) is 19.6 Å². The molecule has 3 nitrogen and oxygen atoms in total. The highest BCUT2D eigenvalue weighted by Crippen LogP contribution is 2.05. The van der Waals surface area contributed by atoms with Crippen molar-refractivity contribution in [1.82, 2.24) is 5.32 Å². The molecule has 2 N–H and O–H groups in total. The first-order valence-corrected chi connectivity index (χ1v) is 3.78. The van der Waals surface area contributed by atoms with Crippen LogP contribution in [0.25, 0.3) is 0 Å². The molecular formula is C7H16ClNO2. The molecule has 0 spiro atoms. The topological polar surface area (TPSA) is 41.5 Å². The Bertz CT molecular complexity index is 94.4. The minimum absolute atomic E-state index is 0. The maximum absolute atomic E-state index is 8.56. The standard InChI is InChI=1S/C7H15NO2.ClH/c1-6-4-8-7(2-3-9)10-5-6;/h6-9H,2-5H2,1H3;1H. The highest BCUT2D eigenvalue weighted by atomic mass is 35.5. The normalized spacial score (nSPS) is 31.1. The van der Waals surface area contributed by atoms with Crippen LogP contribution in [0.5, 0.6) is 0 Å². The third-order valence-corrected chi connectivity index (χ3v) is 1.67. The van der Waals surface area contributed by atoms with Crippen molar-refractivity contribution in [2.24, 2.45) is 5.92 Å². The maximum Gasteiger partial charge on any atom is 0.110 e. The second-order valence-corrected chi connectivity index (χ2v) is 2.85. The van der Waals surface area contributed by atoms with Crippen LogP contribution in [-0.2, 0) is 4.74 Å². The van der Waals surface area contributed by atoms with Gasteiger partial charge < -0.3 is 9.84 Å². The first-order chi connectivity index (χ1) is 4.83. The summed E-state index contributed by atoms with van der Waals surface area (Å²) in [6.07, 6.45) is 0.786. The number of halogens is 1. The summed E-state index contributed by atoms with van der Waals surface area (Å²) < 4.78 is 5.36. The molecule has 68 valence electrons. The van der Waals surface area contributed by atoms with Gasteiger partial charge in [0.05, 0.1) is 6.61 Å². The first kappa shape index (κ1) is 11.2. The van der Waals surface area contributed by atoms with Gasteiger partial charge in [0.2, 0.25) is 0 Å². The van der Waals surface area contributed by atoms with Gasteiger partial charge in [-0.15, -0.1) is 12.4 Å². The third-order valence-electron chi connectivity index (χ3n) is 1.67. The largest absolute Gasteiger partial charge is 0.396 e. The van der Waals surface area contributed by atoms with Crippen LogP contribution in [0, 0.1) is 5.92 Å². The van der Waals surface area contributed by atoms with Gasteiger partial charge in [-0.25, -0.2) is 0 Å². The number of ether oxygens (including phenoxy) is 1. The van der Waals surface area contributed by atoms with Crippen molar-refractivity contribution in [3.63, 3.8) is 0 Å². The quantitative estimate of drug-likeness (QED) is 0.647. The van der Waals surface area contributed by atoms with Crippen LogP contribution in [0.1, 0.15) is 13.3 Å². The summed E-state index contributed by atoms with van der Waals surface area (Å²) in [5.74, 6) is 0.606. The molecular weight excluding hydrogens is 166 g/mol. The van der Waals surface area contributed by atoms with Crippen molar-refractivity contribution < 1.29 is 9.84 Å². The molecule has 0 radical (unpaired) electrons. The van der Waals surface area contributed by atoms with E-state index in [1.54, 1.807) is 0 Å². The van der Waals surface area contributed by atoms with Gasteiger partial charge in [0.25, 0.3) is 0 Å². The first-order valence-electron chi connectivity index (χ1n) is 3.78. The van der Waals surface area contributed by atoms with Gasteiger partial charge in [0.15, 0.2) is 0 Å². The molecule has 2 atom stereocenters. The van der Waals surface area contributed by atoms with E-state index in [9.17, 15) is 0 Å². The molecule has 1 saturated heterocycles. The minimum atomic E-state index is 0. The zero-order valence-corrected chi connectivity index (χ0v) is 7.56. The van der Waals surface area contributed by atoms with E-state index in [0.717, 1.165) is 13.2 Å². The average molecular weight is 182 g/mol. The van der Waals surface area contributed by atoms with Crippen LogP contribution >= 0.6 is 12.4 Å². The van der Waals surface area contributed by atoms with Crippen LogP contribution < -0.4 is 5.32 Å². The molecule has 2 unspecified atom stereocenters. The van der Waals surface area contributed by atoms with E-state index in [2.05, 4.69) is 12.2 Å². The number of hydrogen-bond donors (Lipinski definition) is 2. The maximum atomic E-state index is 8.56. The fourth-order valence-electron chi connectivity index (χ4n) is 1.03. The average Bonchev–Trinajstić information content (AvgIpc) is 1.95. The number of hydrogen-bond acceptors (Lipinski definition) is 3. The molecule has 0 aliphatic carbocycles. The Labute approximate surface area is 73.5 Å². The monoisotopic (exact) mass is 181 g/mol. The Hall–Kier alpha value is 0.170. The lowest BCUT2D eigenvalue weighted by Gasteiger charge is -2.27. The van der Waals surface area contributed by atoms with E-state index < -0.39 is 0 Å². The van der Waals surface area contributed by atoms with Crippen LogP contribution in [0.4, 0.5) is 0 Å². The lowest BCUT2D eigenvalue weighted by molar-refractivity contribution is -0.0347. The van der Waals surface area contributed by atoms with Crippen LogP contribution in [0.3, 0.4) is 0 Å². The van der Waals surface area contributed by atoms with Gasteiger partial charge in [-0.3, -0.25) is 5.32 Å². The van der Waals surface area contributed by atoms with E-state index in [1.165, 1.54) is 0 Å². The molecule has 1 aliphatic heterocycles. The molecule has 0 amide bonds. The highest BCUT2D eigenvalue weighted by Gasteiger charge is 2.16. The van der Waals surface area contributed by atoms with E-state index in [4.69, 9.17) is 9.84 Å². The number of aliphatic hydroxyl groups is 1. The van der Waals surface area contributed by atoms with Crippen LogP contribution in [0.15, 0.2) is 0 Å². The van der Waals surface area contributed by atoms with Gasteiger partial charge in [-0.1, -0.05) is 6.92 Å². The molecule has 11 heavy (non-hydrogen) atoms. The second kappa shape index (κ2) is 5.77. The number of aliphatic hydroxyl groups excluding tert-OH is 1. The zero-order chi connectivity index (χ0) is 7.40. The predicted octanol–water partition coefficient (Wildman–Crippen LogP) is 0.373. The molecule has 1 rings (SSSR count). The Balaban J connectivity index is 0.000001000. The predicted molar refractivity (Wildman–Crippen MR) is 45.9 cm³/mol. The van der Waals surface area contributed by atoms with Gasteiger partial charge in [-0.2, -0.15) is 0 Å². The Kier molecular flexibility index (Phi) is 5.86. The van der Waals surface area contributed by atoms with Crippen LogP contribution in [-0.4, -0.2) is 31.1 Å². The highest BCUT2D eigenvalue weighted by molar-refractivity contribution is 5.85. The fourth-order valence-corrected chi connectivity index (χ4v) is 1.03. The Morgan fingerprint density at radius 1 is 1.64 bits per heavy atom. The summed E-state index contributed by atoms with van der Waals surface area (Å²) in [5, 5.41) is 11.8. The summed E-state index contributed by atoms with van der Waals surface area (Å²) in [5.41, 5.74) is 0. The molecule has 4 heteroatoms. The summed E-state index contributed by atoms with van der Waals surface area (Å²) in [6.45, 7) is 4.16. The third kappa shape index (κ3) is 3.91. The molecule has 0 aromatic heterocycles. The Morgan fingerprint density at radius 3 is 2.82 bits per heavy atom. The molecule has 0 saturated carbocycles. The van der Waals surface area contributed by atoms with Crippen LogP contribution in [0.2, 0.25) is 0 Å². The second-order valence-electron chi connectivity index (χ2n) is 2.85. The summed E-state index contributed by atoms with van der Waals surface area (Å²) in [7, 11) is 0. The molecule has 1 aliphatic rings. The molecule has 0 bridgehead atoms. The van der Waals surface area contributed by atoms with Crippen molar-refractivity contribution in [1.29, 1.82) is 0 Å². The molecule has 0 aromatic rings. The lowest BCUT2D eigenvalue weighted by Crippen LogP contribution is -2.42. The zero-order valence-electron chi connectivity index (χ0n) is 6.75. The molecule has 0 aromatic carbocycles. The number of rotatable bonds is 2. The molecule has 1 fully saturated rings. The van der Waals surface area contributed by atoms with E-state index in [1.807, 2.05) is 0 Å². The van der Waals surface area contributed by atoms with E-state index >= 15 is 0 Å². The van der Waals surface area contributed by atoms with E-state index in [-0.39, 0.29) is 25.2 Å². The SMILES string of the molecule is CC1CNC(CCO)OC1.Cl. The van der Waals surface area contributed by atoms with Gasteiger partial charge in [-0.05, 0) is 5.92 Å². The molecule has 1 heterocycles. The fraction of sp³-hybridized carbons (Fsp3) is 1.00. The van der Waals surface area contributed by atoms with Crippen molar-refractivity contribution >= 4 is 12.4 Å². The van der Waals surface area contributed by atoms with Crippen molar-refractivity contribution in [3.05, 3.63) is 0 Å². The van der Waals surface area contributed by atoms with Crippen molar-refractivity contribution in [2.75, 3.05) is 19.8 Å². The lowest BCUT2D eigenvalue weighted by atomic mass is 10.1. The Morgan fingerprint density at radius 2 is 2.36 bits per heavy atom. The smallest absolute Gasteiger partial charge is 0.110 e. The van der Waals surface area contributed by atoms with Crippen molar-refractivity contribution in [3.8, 4) is 0 Å². The van der Waals surface area contributed by atoms with E-state index in [0.29, 0.717) is 12.3 Å². The summed E-state index contributed by atoms with van der Waals surface area (Å²) >= 11 is 0. The number of nitrogens with one attached hydrogen (secondary N) is 1. The summed E-state index contributed by atoms with van der Waals surface area (Å²) in [6, 6.07) is 0. The minimum Gasteiger partial charge on any atom is -0.396 e. The van der Waals surface area contributed by atoms with Gasteiger partial charge in [0, 0.05) is 19.6 Å². The summed E-state index contributed by atoms with van der Waals surface area (Å²) in [4.78, 5) is 0. The van der Waals surface area contributed by atoms with Gasteiger partial charge >= 0.3 is 0 Å².